The molecular formula is C44H41N3O4. The monoisotopic (exact) mass is 675 g/mol. The minimum atomic E-state index is -1.11. The van der Waals surface area contributed by atoms with Gasteiger partial charge in [-0.2, -0.15) is 0 Å². The van der Waals surface area contributed by atoms with Gasteiger partial charge in [-0.05, 0) is 76.9 Å². The number of hydrogen-bond donors (Lipinski definition) is 0. The number of rotatable bonds is 7. The average Bonchev–Trinajstić information content (AvgIpc) is 3.51. The molecular weight excluding hydrogens is 635 g/mol. The van der Waals surface area contributed by atoms with Crippen LogP contribution in [0.2, 0.25) is 0 Å². The number of nitrogens with zero attached hydrogens (tertiary/aromatic N) is 3. The highest BCUT2D eigenvalue weighted by Crippen LogP contribution is 2.61. The zero-order valence-corrected chi connectivity index (χ0v) is 29.5. The molecule has 1 unspecified atom stereocenters. The van der Waals surface area contributed by atoms with Gasteiger partial charge in [0.1, 0.15) is 5.75 Å². The Morgan fingerprint density at radius 1 is 0.824 bits per heavy atom. The zero-order valence-electron chi connectivity index (χ0n) is 29.5. The van der Waals surface area contributed by atoms with Gasteiger partial charge < -0.3 is 23.8 Å². The number of anilines is 1. The molecule has 3 aliphatic rings. The Balaban J connectivity index is 1.33. The van der Waals surface area contributed by atoms with Gasteiger partial charge in [0, 0.05) is 52.3 Å². The lowest BCUT2D eigenvalue weighted by molar-refractivity contribution is 0.122. The maximum absolute atomic E-state index is 7.58. The lowest BCUT2D eigenvalue weighted by atomic mass is 9.71. The summed E-state index contributed by atoms with van der Waals surface area (Å²) in [5.74, 6) is 2.71. The van der Waals surface area contributed by atoms with Crippen molar-refractivity contribution in [2.45, 2.75) is 37.7 Å². The van der Waals surface area contributed by atoms with E-state index in [1.165, 1.54) is 22.3 Å². The van der Waals surface area contributed by atoms with Crippen molar-refractivity contribution in [3.05, 3.63) is 125 Å². The normalized spacial score (nSPS) is 18.6. The Hall–Kier alpha value is -5.40. The number of fused-ring (bicyclic) bond motifs is 9. The molecule has 1 aromatic heterocycles. The van der Waals surface area contributed by atoms with Crippen molar-refractivity contribution in [1.82, 2.24) is 9.97 Å². The van der Waals surface area contributed by atoms with E-state index in [-0.39, 0.29) is 5.41 Å². The van der Waals surface area contributed by atoms with Crippen LogP contribution in [0.5, 0.6) is 17.2 Å². The van der Waals surface area contributed by atoms with Crippen LogP contribution >= 0.6 is 0 Å². The van der Waals surface area contributed by atoms with Crippen molar-refractivity contribution < 1.29 is 18.9 Å². The number of para-hydroxylation sites is 1. The molecule has 7 heteroatoms. The SMILES string of the molecule is CCC1(CC)c2ccccc2-c2c1c1c(c3cc(OC)c(OC)cc23)OC(c2ccc(N3CCOCC3)cc2)(c2ncc3ccccc3n2)C=C1. The first-order valence-electron chi connectivity index (χ1n) is 17.9. The molecule has 6 aromatic rings. The quantitative estimate of drug-likeness (QED) is 0.167. The second-order valence-corrected chi connectivity index (χ2v) is 13.7. The van der Waals surface area contributed by atoms with Crippen LogP contribution in [-0.2, 0) is 15.8 Å². The van der Waals surface area contributed by atoms with E-state index < -0.39 is 5.60 Å². The molecule has 5 aromatic carbocycles. The summed E-state index contributed by atoms with van der Waals surface area (Å²) >= 11 is 0. The van der Waals surface area contributed by atoms with E-state index in [0.29, 0.717) is 17.3 Å². The number of aromatic nitrogens is 2. The van der Waals surface area contributed by atoms with Crippen LogP contribution in [0.1, 0.15) is 54.8 Å². The van der Waals surface area contributed by atoms with E-state index in [2.05, 4.69) is 91.6 Å². The first-order valence-corrected chi connectivity index (χ1v) is 17.9. The molecule has 9 rings (SSSR count). The summed E-state index contributed by atoms with van der Waals surface area (Å²) in [6, 6.07) is 29.9. The van der Waals surface area contributed by atoms with Crippen LogP contribution in [0.25, 0.3) is 38.9 Å². The molecule has 0 bridgehead atoms. The van der Waals surface area contributed by atoms with Crippen LogP contribution in [0, 0.1) is 0 Å². The van der Waals surface area contributed by atoms with E-state index in [0.717, 1.165) is 83.4 Å². The highest BCUT2D eigenvalue weighted by molar-refractivity contribution is 6.09. The molecule has 7 nitrogen and oxygen atoms in total. The van der Waals surface area contributed by atoms with E-state index >= 15 is 0 Å². The Labute approximate surface area is 298 Å². The van der Waals surface area contributed by atoms with Gasteiger partial charge in [0.05, 0.1) is 33.0 Å². The average molecular weight is 676 g/mol. The Morgan fingerprint density at radius 2 is 1.53 bits per heavy atom. The van der Waals surface area contributed by atoms with Gasteiger partial charge in [0.15, 0.2) is 17.3 Å². The van der Waals surface area contributed by atoms with Gasteiger partial charge in [-0.25, -0.2) is 9.97 Å². The Bertz CT molecular complexity index is 2340. The minimum absolute atomic E-state index is 0.190. The molecule has 0 radical (unpaired) electrons. The van der Waals surface area contributed by atoms with E-state index in [1.807, 2.05) is 30.5 Å². The predicted octanol–water partition coefficient (Wildman–Crippen LogP) is 9.07. The molecule has 3 heterocycles. The van der Waals surface area contributed by atoms with Crippen molar-refractivity contribution in [3.63, 3.8) is 0 Å². The van der Waals surface area contributed by atoms with Gasteiger partial charge in [0.25, 0.3) is 0 Å². The van der Waals surface area contributed by atoms with Gasteiger partial charge >= 0.3 is 0 Å². The number of methoxy groups -OCH3 is 2. The molecule has 1 atom stereocenters. The first-order chi connectivity index (χ1) is 25.0. The summed E-state index contributed by atoms with van der Waals surface area (Å²) in [4.78, 5) is 12.6. The third-order valence-electron chi connectivity index (χ3n) is 11.4. The molecule has 51 heavy (non-hydrogen) atoms. The minimum Gasteiger partial charge on any atom is -0.493 e. The van der Waals surface area contributed by atoms with Crippen molar-refractivity contribution in [1.29, 1.82) is 0 Å². The first kappa shape index (κ1) is 31.6. The summed E-state index contributed by atoms with van der Waals surface area (Å²) in [6.45, 7) is 7.79. The Morgan fingerprint density at radius 3 is 2.27 bits per heavy atom. The fourth-order valence-corrected chi connectivity index (χ4v) is 8.78. The van der Waals surface area contributed by atoms with Crippen molar-refractivity contribution in [3.8, 4) is 28.4 Å². The molecule has 0 saturated carbocycles. The van der Waals surface area contributed by atoms with E-state index in [4.69, 9.17) is 28.9 Å². The number of benzene rings is 5. The number of morpholine rings is 1. The van der Waals surface area contributed by atoms with Crippen LogP contribution in [0.15, 0.2) is 97.2 Å². The summed E-state index contributed by atoms with van der Waals surface area (Å²) in [5.41, 5.74) is 7.92. The molecule has 0 N–H and O–H groups in total. The molecule has 256 valence electrons. The summed E-state index contributed by atoms with van der Waals surface area (Å²) in [7, 11) is 3.38. The standard InChI is InChI=1S/C44H41N3O4/c1-5-43(6-2)35-13-9-8-12-31(35)39-33-25-37(48-3)38(49-4)26-34(33)41-32(40(39)43)19-20-44(51-41,42-45-27-28-11-7-10-14-36(28)46-42)29-15-17-30(18-16-29)47-21-23-50-24-22-47/h7-20,25-27H,5-6,21-24H2,1-4H3. The summed E-state index contributed by atoms with van der Waals surface area (Å²) in [5, 5.41) is 3.01. The smallest absolute Gasteiger partial charge is 0.212 e. The fraction of sp³-hybridized carbons (Fsp3) is 0.273. The number of ether oxygens (including phenoxy) is 4. The zero-order chi connectivity index (χ0) is 34.7. The third-order valence-corrected chi connectivity index (χ3v) is 11.4. The lowest BCUT2D eigenvalue weighted by Gasteiger charge is -2.38. The highest BCUT2D eigenvalue weighted by Gasteiger charge is 2.48. The van der Waals surface area contributed by atoms with Gasteiger partial charge in [0.2, 0.25) is 5.60 Å². The predicted molar refractivity (Wildman–Crippen MR) is 203 cm³/mol. The fourth-order valence-electron chi connectivity index (χ4n) is 8.78. The highest BCUT2D eigenvalue weighted by atomic mass is 16.5. The second-order valence-electron chi connectivity index (χ2n) is 13.7. The molecule has 1 saturated heterocycles. The van der Waals surface area contributed by atoms with Gasteiger partial charge in [-0.1, -0.05) is 74.5 Å². The van der Waals surface area contributed by atoms with Crippen molar-refractivity contribution in [2.75, 3.05) is 45.4 Å². The molecule has 0 spiro atoms. The third kappa shape index (κ3) is 4.60. The van der Waals surface area contributed by atoms with Crippen molar-refractivity contribution in [2.24, 2.45) is 0 Å². The molecule has 1 aliphatic carbocycles. The van der Waals surface area contributed by atoms with Crippen LogP contribution in [-0.4, -0.2) is 50.5 Å². The van der Waals surface area contributed by atoms with Gasteiger partial charge in [-0.15, -0.1) is 0 Å². The lowest BCUT2D eigenvalue weighted by Crippen LogP contribution is -2.38. The molecule has 0 amide bonds. The van der Waals surface area contributed by atoms with Gasteiger partial charge in [-0.3, -0.25) is 0 Å². The largest absolute Gasteiger partial charge is 0.493 e. The van der Waals surface area contributed by atoms with Crippen LogP contribution < -0.4 is 19.1 Å². The molecule has 1 fully saturated rings. The topological polar surface area (TPSA) is 65.9 Å². The van der Waals surface area contributed by atoms with E-state index in [1.54, 1.807) is 14.2 Å². The summed E-state index contributed by atoms with van der Waals surface area (Å²) < 4.78 is 25.0. The van der Waals surface area contributed by atoms with Crippen molar-refractivity contribution >= 4 is 33.4 Å². The number of hydrogen-bond acceptors (Lipinski definition) is 7. The molecule has 2 aliphatic heterocycles. The Kier molecular flexibility index (Phi) is 7.51. The van der Waals surface area contributed by atoms with E-state index in [9.17, 15) is 0 Å². The maximum atomic E-state index is 7.58. The summed E-state index contributed by atoms with van der Waals surface area (Å²) in [6.07, 6.45) is 8.26. The van der Waals surface area contributed by atoms with Crippen LogP contribution in [0.3, 0.4) is 0 Å². The maximum Gasteiger partial charge on any atom is 0.212 e. The van der Waals surface area contributed by atoms with Crippen LogP contribution in [0.4, 0.5) is 5.69 Å². The second kappa shape index (κ2) is 12.1.